The van der Waals surface area contributed by atoms with Crippen LogP contribution in [-0.2, 0) is 68.9 Å². The summed E-state index contributed by atoms with van der Waals surface area (Å²) in [5.74, 6) is -0.319. The maximum absolute atomic E-state index is 14.0. The number of fused-ring (bicyclic) bond motifs is 3. The zero-order chi connectivity index (χ0) is 58.7. The number of aromatic nitrogens is 14. The highest BCUT2D eigenvalue weighted by Crippen LogP contribution is 2.54. The summed E-state index contributed by atoms with van der Waals surface area (Å²) < 4.78 is 120. The average molecular weight is 1250 g/mol. The Kier molecular flexibility index (Phi) is 16.4. The molecule has 16 atom stereocenters. The number of hydrogen-bond acceptors (Lipinski definition) is 31. The normalized spacial score (nSPS) is 29.0. The number of nitrogens with two attached hydrogens (primary N) is 4. The van der Waals surface area contributed by atoms with Crippen LogP contribution in [0.4, 0.5) is 23.4 Å². The van der Waals surface area contributed by atoms with Crippen molar-refractivity contribution in [2.75, 3.05) is 49.4 Å². The summed E-state index contributed by atoms with van der Waals surface area (Å²) in [4.78, 5) is 107. The van der Waals surface area contributed by atoms with Crippen LogP contribution >= 0.6 is 31.7 Å². The van der Waals surface area contributed by atoms with Crippen molar-refractivity contribution < 1.29 is 93.6 Å². The summed E-state index contributed by atoms with van der Waals surface area (Å²) in [7, 11) is -19.0. The number of nitrogens with one attached hydrogen (secondary N) is 1. The minimum absolute atomic E-state index is 0.0255. The van der Waals surface area contributed by atoms with Gasteiger partial charge in [0.05, 0.1) is 44.9 Å². The fourth-order valence-corrected chi connectivity index (χ4v) is 12.8. The van der Waals surface area contributed by atoms with E-state index >= 15 is 0 Å². The smallest absolute Gasteiger partial charge is 0.390 e. The third-order valence-corrected chi connectivity index (χ3v) is 16.8. The Morgan fingerprint density at radius 2 is 1.02 bits per heavy atom. The summed E-state index contributed by atoms with van der Waals surface area (Å²) in [5.41, 5.74) is 22.4. The fourth-order valence-electron chi connectivity index (χ4n) is 9.64. The van der Waals surface area contributed by atoms with Gasteiger partial charge in [-0.15, -0.1) is 9.42 Å². The molecule has 11 heterocycles. The highest BCUT2D eigenvalue weighted by molar-refractivity contribution is 7.48. The Balaban J connectivity index is 0.781. The van der Waals surface area contributed by atoms with E-state index in [1.165, 1.54) is 51.3 Å². The third kappa shape index (κ3) is 12.7. The number of aliphatic hydroxyl groups is 1. The summed E-state index contributed by atoms with van der Waals surface area (Å²) in [6, 6.07) is 1.25. The first kappa shape index (κ1) is 58.5. The van der Waals surface area contributed by atoms with Crippen LogP contribution in [0.25, 0.3) is 33.5 Å². The minimum atomic E-state index is -5.40. The van der Waals surface area contributed by atoms with Gasteiger partial charge in [-0.2, -0.15) is 9.97 Å². The molecule has 0 aliphatic carbocycles. The lowest BCUT2D eigenvalue weighted by molar-refractivity contribution is -0.0623. The largest absolute Gasteiger partial charge is 0.694 e. The highest BCUT2D eigenvalue weighted by Gasteiger charge is 2.49. The molecule has 4 aliphatic rings. The molecule has 0 bridgehead atoms. The number of imidazole rings is 3. The molecule has 83 heavy (non-hydrogen) atoms. The molecule has 4 unspecified atom stereocenters. The van der Waals surface area contributed by atoms with E-state index in [2.05, 4.69) is 49.8 Å². The second-order valence-corrected chi connectivity index (χ2v) is 23.7. The molecule has 4 fully saturated rings. The van der Waals surface area contributed by atoms with Gasteiger partial charge in [-0.3, -0.25) is 55.2 Å². The van der Waals surface area contributed by atoms with Crippen molar-refractivity contribution in [1.82, 2.24) is 68.1 Å². The topological polar surface area (TPSA) is 561 Å². The van der Waals surface area contributed by atoms with Gasteiger partial charge in [0.2, 0.25) is 5.95 Å². The van der Waals surface area contributed by atoms with E-state index < -0.39 is 150 Å². The molecule has 11 rings (SSSR count). The van der Waals surface area contributed by atoms with Crippen LogP contribution < -0.4 is 34.2 Å². The molecular formula is C39H49N18O22P4+. The standard InChI is InChI=1S/C39H48N18O22P4/c40-24-1-2-54(39(60)51-24)26-4-18(22(75-26)9-71-82(65,66)77-17-5-27(74-21(17)7-69-80(61)62)56-14-49-30-33(42)45-12-47-35(30)56)78-83(67,68)72-10-23-19(6-28(76-23)57-15-50-31-36(57)52-38(43)53-37(31)59)79-81(63,64)70-8-20-16(58)3-25(73-20)55-13-48-29-32(41)44-11-46-34(29)55/h1-2,11-23,25-28,58H,3-10H2,(H12-,40,41,42,43,44,45,46,47,51,52,53,59,60,61,62,63,64,65,66,67,68)/p+1/t16-,17-,18-,19-,20+,21+,22+,23+,25+,26+,27+,28+/m0/s1. The Morgan fingerprint density at radius 1 is 0.590 bits per heavy atom. The van der Waals surface area contributed by atoms with Crippen molar-refractivity contribution >= 4 is 88.6 Å². The lowest BCUT2D eigenvalue weighted by Gasteiger charge is -2.25. The van der Waals surface area contributed by atoms with Gasteiger partial charge in [0.25, 0.3) is 5.56 Å². The quantitative estimate of drug-likeness (QED) is 0.0367. The first-order valence-corrected chi connectivity index (χ1v) is 30.1. The zero-order valence-corrected chi connectivity index (χ0v) is 45.8. The number of ether oxygens (including phenoxy) is 4. The van der Waals surface area contributed by atoms with E-state index in [-0.39, 0.29) is 70.5 Å². The summed E-state index contributed by atoms with van der Waals surface area (Å²) >= 11 is 0. The number of phosphoric acid groups is 3. The predicted octanol–water partition coefficient (Wildman–Crippen LogP) is -0.931. The Morgan fingerprint density at radius 3 is 1.52 bits per heavy atom. The van der Waals surface area contributed by atoms with Crippen molar-refractivity contribution in [3.05, 3.63) is 64.7 Å². The average Bonchev–Trinajstić information content (AvgIpc) is 3.77. The van der Waals surface area contributed by atoms with Crippen LogP contribution in [0.3, 0.4) is 0 Å². The number of aromatic amines is 1. The molecule has 0 amide bonds. The number of rotatable bonds is 22. The maximum Gasteiger partial charge on any atom is 0.694 e. The highest BCUT2D eigenvalue weighted by atomic mass is 31.2. The van der Waals surface area contributed by atoms with Crippen LogP contribution in [0.15, 0.2) is 53.5 Å². The van der Waals surface area contributed by atoms with Gasteiger partial charge in [-0.05, 0) is 6.07 Å². The number of phosphoric ester groups is 3. The summed E-state index contributed by atoms with van der Waals surface area (Å²) in [5, 5.41) is 10.9. The van der Waals surface area contributed by atoms with Crippen LogP contribution in [0.1, 0.15) is 50.6 Å². The summed E-state index contributed by atoms with van der Waals surface area (Å²) in [6.45, 7) is -3.21. The maximum atomic E-state index is 14.0. The molecule has 7 aromatic rings. The van der Waals surface area contributed by atoms with Gasteiger partial charge < -0.3 is 61.7 Å². The van der Waals surface area contributed by atoms with E-state index in [0.29, 0.717) is 5.65 Å². The molecule has 44 heteroatoms. The Hall–Kier alpha value is -6.32. The fraction of sp³-hybridized carbons (Fsp3) is 0.513. The molecule has 446 valence electrons. The number of nitrogens with zero attached hydrogens (tertiary/aromatic N) is 13. The monoisotopic (exact) mass is 1250 g/mol. The molecule has 7 aromatic heterocycles. The van der Waals surface area contributed by atoms with E-state index in [1.807, 2.05) is 0 Å². The number of anilines is 4. The Labute approximate surface area is 462 Å². The predicted molar refractivity (Wildman–Crippen MR) is 273 cm³/mol. The molecule has 0 radical (unpaired) electrons. The zero-order valence-electron chi connectivity index (χ0n) is 42.2. The molecular weight excluding hydrogens is 1200 g/mol. The first-order valence-electron chi connectivity index (χ1n) is 24.5. The number of hydrogen-bond donors (Lipinski definition) is 10. The minimum Gasteiger partial charge on any atom is -0.390 e. The summed E-state index contributed by atoms with van der Waals surface area (Å²) in [6.07, 6.45) is -9.51. The van der Waals surface area contributed by atoms with Gasteiger partial charge in [0.15, 0.2) is 34.1 Å². The molecule has 40 nitrogen and oxygen atoms in total. The molecule has 0 aromatic carbocycles. The van der Waals surface area contributed by atoms with E-state index in [9.17, 15) is 52.5 Å². The van der Waals surface area contributed by atoms with Crippen LogP contribution in [-0.4, -0.2) is 168 Å². The van der Waals surface area contributed by atoms with Crippen molar-refractivity contribution in [3.63, 3.8) is 0 Å². The molecule has 14 N–H and O–H groups in total. The lowest BCUT2D eigenvalue weighted by atomic mass is 10.2. The molecule has 4 saturated heterocycles. The van der Waals surface area contributed by atoms with Crippen molar-refractivity contribution in [2.45, 2.75) is 99.4 Å². The van der Waals surface area contributed by atoms with Gasteiger partial charge in [-0.1, -0.05) is 0 Å². The molecule has 0 saturated carbocycles. The molecule has 0 spiro atoms. The van der Waals surface area contributed by atoms with Crippen molar-refractivity contribution in [2.24, 2.45) is 0 Å². The van der Waals surface area contributed by atoms with Gasteiger partial charge in [-0.25, -0.2) is 53.4 Å². The Bertz CT molecular complexity index is 3850. The second-order valence-electron chi connectivity index (χ2n) is 18.8. The van der Waals surface area contributed by atoms with Gasteiger partial charge in [0, 0.05) is 36.4 Å². The first-order chi connectivity index (χ1) is 39.5. The second kappa shape index (κ2) is 23.3. The van der Waals surface area contributed by atoms with Gasteiger partial charge in [0.1, 0.15) is 104 Å². The SMILES string of the molecule is Nc1ccn([C@H]2C[C@H](OP(=O)(O)OC[C@H]3O[C@@H](n4cnc5c(=O)[nH]c(N)nc54)C[C@@H]3OP(=O)(O)OC[C@H]3O[C@@H](n4cnc5c(N)ncnc54)C[C@@H]3O)[C@@H](COP(=O)(O)O[C@H]3C[C@H](n4cnc5c(N)ncnc54)O[C@@H]3CO[P+](=O)O)O2)c(=O)n1. The van der Waals surface area contributed by atoms with E-state index in [1.54, 1.807) is 0 Å². The molecule has 4 aliphatic heterocycles. The number of nitrogen functional groups attached to an aromatic ring is 4. The number of aliphatic hydroxyl groups excluding tert-OH is 1. The van der Waals surface area contributed by atoms with Crippen molar-refractivity contribution in [1.29, 1.82) is 0 Å². The van der Waals surface area contributed by atoms with Crippen LogP contribution in [0, 0.1) is 0 Å². The van der Waals surface area contributed by atoms with Crippen LogP contribution in [0.2, 0.25) is 0 Å². The van der Waals surface area contributed by atoms with Gasteiger partial charge >= 0.3 is 37.4 Å². The lowest BCUT2D eigenvalue weighted by Crippen LogP contribution is -2.31. The third-order valence-electron chi connectivity index (χ3n) is 13.4. The van der Waals surface area contributed by atoms with Crippen LogP contribution in [0.5, 0.6) is 0 Å². The van der Waals surface area contributed by atoms with E-state index in [0.717, 1.165) is 10.9 Å². The number of H-pyrrole nitrogens is 1. The van der Waals surface area contributed by atoms with Crippen molar-refractivity contribution in [3.8, 4) is 0 Å². The van der Waals surface area contributed by atoms with E-state index in [4.69, 9.17) is 73.5 Å².